The van der Waals surface area contributed by atoms with Gasteiger partial charge >= 0.3 is 0 Å². The Kier molecular flexibility index (Phi) is 8.19. The Morgan fingerprint density at radius 1 is 1.23 bits per heavy atom. The molecule has 1 aliphatic carbocycles. The monoisotopic (exact) mass is 452 g/mol. The molecule has 166 valence electrons. The minimum atomic E-state index is -3.78. The lowest BCUT2D eigenvalue weighted by Gasteiger charge is -2.20. The van der Waals surface area contributed by atoms with Crippen molar-refractivity contribution in [1.82, 2.24) is 14.9 Å². The number of unbranched alkanes of at least 4 members (excludes halogenated alkanes) is 1. The molecule has 0 saturated heterocycles. The molecule has 1 aliphatic rings. The number of aryl methyl sites for hydroxylation is 1. The van der Waals surface area contributed by atoms with Crippen LogP contribution >= 0.6 is 11.8 Å². The molecule has 0 radical (unpaired) electrons. The lowest BCUT2D eigenvalue weighted by Crippen LogP contribution is -2.36. The van der Waals surface area contributed by atoms with Crippen molar-refractivity contribution >= 4 is 38.7 Å². The number of primary sulfonamides is 1. The number of sulfonamides is 1. The van der Waals surface area contributed by atoms with Crippen molar-refractivity contribution in [2.75, 3.05) is 5.75 Å². The average Bonchev–Trinajstić information content (AvgIpc) is 3.02. The van der Waals surface area contributed by atoms with Crippen LogP contribution in [0.4, 0.5) is 0 Å². The van der Waals surface area contributed by atoms with Crippen molar-refractivity contribution in [3.05, 3.63) is 18.2 Å². The molecule has 9 heteroatoms. The number of nitrogens with one attached hydrogen (secondary N) is 1. The molecular weight excluding hydrogens is 420 g/mol. The number of fused-ring (bicyclic) bond motifs is 1. The first-order chi connectivity index (χ1) is 14.4. The van der Waals surface area contributed by atoms with Crippen LogP contribution in [0.2, 0.25) is 0 Å². The fraction of sp³-hybridized carbons (Fsp3) is 0.619. The number of carbonyl (C=O) groups excluding carboxylic acids is 1. The molecule has 1 saturated carbocycles. The largest absolute Gasteiger partial charge is 0.353 e. The topological polar surface area (TPSA) is 107 Å². The highest BCUT2D eigenvalue weighted by Gasteiger charge is 2.18. The van der Waals surface area contributed by atoms with Crippen LogP contribution in [0.25, 0.3) is 11.0 Å². The fourth-order valence-electron chi connectivity index (χ4n) is 3.91. The number of hydrogen-bond acceptors (Lipinski definition) is 5. The van der Waals surface area contributed by atoms with Gasteiger partial charge in [-0.25, -0.2) is 18.5 Å². The van der Waals surface area contributed by atoms with Crippen molar-refractivity contribution in [2.24, 2.45) is 5.14 Å². The Morgan fingerprint density at radius 3 is 2.60 bits per heavy atom. The number of imidazole rings is 1. The second kappa shape index (κ2) is 10.6. The summed E-state index contributed by atoms with van der Waals surface area (Å²) in [5.74, 6) is 0.332. The molecule has 0 aliphatic heterocycles. The average molecular weight is 453 g/mol. The summed E-state index contributed by atoms with van der Waals surface area (Å²) in [6.45, 7) is 2.89. The van der Waals surface area contributed by atoms with Gasteiger partial charge < -0.3 is 9.88 Å². The first kappa shape index (κ1) is 23.1. The summed E-state index contributed by atoms with van der Waals surface area (Å²) >= 11 is 1.40. The van der Waals surface area contributed by atoms with Gasteiger partial charge in [-0.3, -0.25) is 4.79 Å². The van der Waals surface area contributed by atoms with Crippen LogP contribution in [0.3, 0.4) is 0 Å². The van der Waals surface area contributed by atoms with E-state index in [9.17, 15) is 13.2 Å². The zero-order chi connectivity index (χ0) is 21.6. The summed E-state index contributed by atoms with van der Waals surface area (Å²) in [6, 6.07) is 5.04. The van der Waals surface area contributed by atoms with E-state index in [1.165, 1.54) is 56.0 Å². The highest BCUT2D eigenvalue weighted by molar-refractivity contribution is 7.99. The zero-order valence-electron chi connectivity index (χ0n) is 17.6. The molecule has 3 rings (SSSR count). The second-order valence-electron chi connectivity index (χ2n) is 7.99. The van der Waals surface area contributed by atoms with Crippen LogP contribution in [0.1, 0.15) is 64.7 Å². The molecule has 1 aromatic carbocycles. The summed E-state index contributed by atoms with van der Waals surface area (Å²) in [4.78, 5) is 17.2. The van der Waals surface area contributed by atoms with E-state index in [2.05, 4.69) is 21.8 Å². The molecule has 1 amide bonds. The number of thioether (sulfide) groups is 1. The maximum Gasteiger partial charge on any atom is 0.238 e. The molecule has 3 N–H and O–H groups in total. The number of amides is 1. The molecule has 2 aromatic rings. The fourth-order valence-corrected chi connectivity index (χ4v) is 5.29. The number of rotatable bonds is 8. The van der Waals surface area contributed by atoms with Crippen molar-refractivity contribution in [3.63, 3.8) is 0 Å². The quantitative estimate of drug-likeness (QED) is 0.592. The summed E-state index contributed by atoms with van der Waals surface area (Å²) in [5.41, 5.74) is 1.44. The van der Waals surface area contributed by atoms with Gasteiger partial charge in [-0.2, -0.15) is 0 Å². The lowest BCUT2D eigenvalue weighted by atomic mass is 9.97. The summed E-state index contributed by atoms with van der Waals surface area (Å²) in [6.07, 6.45) is 10.3. The van der Waals surface area contributed by atoms with E-state index in [-0.39, 0.29) is 16.8 Å². The van der Waals surface area contributed by atoms with Crippen LogP contribution in [-0.2, 0) is 21.4 Å². The summed E-state index contributed by atoms with van der Waals surface area (Å²) in [5, 5.41) is 9.18. The van der Waals surface area contributed by atoms with Gasteiger partial charge in [0, 0.05) is 12.6 Å². The molecule has 1 fully saturated rings. The van der Waals surface area contributed by atoms with E-state index in [1.807, 2.05) is 0 Å². The highest BCUT2D eigenvalue weighted by atomic mass is 32.2. The molecule has 0 bridgehead atoms. The van der Waals surface area contributed by atoms with E-state index >= 15 is 0 Å². The first-order valence-corrected chi connectivity index (χ1v) is 13.4. The van der Waals surface area contributed by atoms with Crippen LogP contribution in [0.15, 0.2) is 28.3 Å². The molecule has 30 heavy (non-hydrogen) atoms. The molecule has 0 atom stereocenters. The van der Waals surface area contributed by atoms with Gasteiger partial charge in [-0.15, -0.1) is 0 Å². The Morgan fingerprint density at radius 2 is 1.93 bits per heavy atom. The Hall–Kier alpha value is -1.58. The minimum absolute atomic E-state index is 0.0323. The second-order valence-corrected chi connectivity index (χ2v) is 10.5. The predicted molar refractivity (Wildman–Crippen MR) is 121 cm³/mol. The highest BCUT2D eigenvalue weighted by Crippen LogP contribution is 2.27. The normalized spacial score (nSPS) is 16.3. The summed E-state index contributed by atoms with van der Waals surface area (Å²) in [7, 11) is -3.78. The zero-order valence-corrected chi connectivity index (χ0v) is 19.2. The third-order valence-electron chi connectivity index (χ3n) is 5.55. The Bertz CT molecular complexity index is 964. The number of benzene rings is 1. The standard InChI is InChI=1S/C21H32N4O3S2/c1-2-3-13-25-19-12-11-17(30(22,27)28)14-18(19)24-21(25)29-15-20(26)23-16-9-7-5-4-6-8-10-16/h11-12,14,16H,2-10,13,15H2,1H3,(H,23,26)(H2,22,27,28). The first-order valence-electron chi connectivity index (χ1n) is 10.8. The maximum atomic E-state index is 12.5. The van der Waals surface area contributed by atoms with E-state index in [1.54, 1.807) is 6.07 Å². The third-order valence-corrected chi connectivity index (χ3v) is 7.44. The van der Waals surface area contributed by atoms with Crippen molar-refractivity contribution < 1.29 is 13.2 Å². The van der Waals surface area contributed by atoms with Crippen molar-refractivity contribution in [3.8, 4) is 0 Å². The molecular formula is C21H32N4O3S2. The van der Waals surface area contributed by atoms with Crippen molar-refractivity contribution in [2.45, 2.75) is 87.3 Å². The van der Waals surface area contributed by atoms with Gasteiger partial charge in [-0.1, -0.05) is 57.2 Å². The van der Waals surface area contributed by atoms with E-state index < -0.39 is 10.0 Å². The predicted octanol–water partition coefficient (Wildman–Crippen LogP) is 3.81. The van der Waals surface area contributed by atoms with Gasteiger partial charge in [0.1, 0.15) is 0 Å². The molecule has 0 spiro atoms. The molecule has 1 aromatic heterocycles. The number of hydrogen-bond donors (Lipinski definition) is 2. The van der Waals surface area contributed by atoms with Crippen LogP contribution in [0.5, 0.6) is 0 Å². The SMILES string of the molecule is CCCCn1c(SCC(=O)NC2CCCCCCC2)nc2cc(S(N)(=O)=O)ccc21. The number of carbonyl (C=O) groups is 1. The van der Waals surface area contributed by atoms with E-state index in [4.69, 9.17) is 5.14 Å². The molecule has 1 heterocycles. The number of aromatic nitrogens is 2. The van der Waals surface area contributed by atoms with Crippen LogP contribution < -0.4 is 10.5 Å². The van der Waals surface area contributed by atoms with Gasteiger partial charge in [-0.05, 0) is 37.5 Å². The number of nitrogens with zero attached hydrogens (tertiary/aromatic N) is 2. The third kappa shape index (κ3) is 6.21. The van der Waals surface area contributed by atoms with Gasteiger partial charge in [0.2, 0.25) is 15.9 Å². The van der Waals surface area contributed by atoms with Crippen LogP contribution in [0, 0.1) is 0 Å². The molecule has 0 unspecified atom stereocenters. The Balaban J connectivity index is 1.72. The van der Waals surface area contributed by atoms with Crippen molar-refractivity contribution in [1.29, 1.82) is 0 Å². The van der Waals surface area contributed by atoms with Crippen LogP contribution in [-0.4, -0.2) is 35.7 Å². The molecule has 7 nitrogen and oxygen atoms in total. The summed E-state index contributed by atoms with van der Waals surface area (Å²) < 4.78 is 25.4. The van der Waals surface area contributed by atoms with Gasteiger partial charge in [0.15, 0.2) is 5.16 Å². The number of nitrogens with two attached hydrogens (primary N) is 1. The van der Waals surface area contributed by atoms with E-state index in [0.29, 0.717) is 11.3 Å². The maximum absolute atomic E-state index is 12.5. The lowest BCUT2D eigenvalue weighted by molar-refractivity contribution is -0.119. The van der Waals surface area contributed by atoms with Gasteiger partial charge in [0.25, 0.3) is 0 Å². The van der Waals surface area contributed by atoms with E-state index in [0.717, 1.165) is 42.9 Å². The van der Waals surface area contributed by atoms with Gasteiger partial charge in [0.05, 0.1) is 21.7 Å². The Labute approximate surface area is 183 Å². The minimum Gasteiger partial charge on any atom is -0.353 e. The smallest absolute Gasteiger partial charge is 0.238 e.